The summed E-state index contributed by atoms with van der Waals surface area (Å²) in [6, 6.07) is 7.23. The largest absolute Gasteiger partial charge is 0.343 e. The average Bonchev–Trinajstić information content (AvgIpc) is 2.92. The highest BCUT2D eigenvalue weighted by molar-refractivity contribution is 7.99. The van der Waals surface area contributed by atoms with Crippen molar-refractivity contribution in [3.63, 3.8) is 0 Å². The lowest BCUT2D eigenvalue weighted by Gasteiger charge is -2.11. The SMILES string of the molecule is CCCCn1c(S[C@@H](C)c2nc3ccccc3c(=O)[nH]2)n[nH]c1=O. The summed E-state index contributed by atoms with van der Waals surface area (Å²) < 4.78 is 1.63. The van der Waals surface area contributed by atoms with E-state index in [-0.39, 0.29) is 16.5 Å². The Bertz CT molecular complexity index is 959. The monoisotopic (exact) mass is 345 g/mol. The number of benzene rings is 1. The van der Waals surface area contributed by atoms with E-state index in [2.05, 4.69) is 27.1 Å². The van der Waals surface area contributed by atoms with Crippen molar-refractivity contribution in [3.8, 4) is 0 Å². The molecule has 0 saturated carbocycles. The highest BCUT2D eigenvalue weighted by atomic mass is 32.2. The summed E-state index contributed by atoms with van der Waals surface area (Å²) in [5.41, 5.74) is 0.292. The number of aromatic amines is 2. The van der Waals surface area contributed by atoms with Crippen LogP contribution < -0.4 is 11.2 Å². The number of nitrogens with one attached hydrogen (secondary N) is 2. The Balaban J connectivity index is 1.89. The first-order valence-electron chi connectivity index (χ1n) is 7.91. The summed E-state index contributed by atoms with van der Waals surface area (Å²) in [6.07, 6.45) is 1.91. The lowest BCUT2D eigenvalue weighted by molar-refractivity contribution is 0.572. The van der Waals surface area contributed by atoms with Gasteiger partial charge >= 0.3 is 5.69 Å². The Hall–Kier alpha value is -2.35. The molecule has 3 aromatic rings. The van der Waals surface area contributed by atoms with Gasteiger partial charge in [-0.15, -0.1) is 5.10 Å². The van der Waals surface area contributed by atoms with Crippen molar-refractivity contribution < 1.29 is 0 Å². The summed E-state index contributed by atoms with van der Waals surface area (Å²) in [5, 5.41) is 7.61. The molecule has 1 atom stereocenters. The van der Waals surface area contributed by atoms with E-state index in [4.69, 9.17) is 0 Å². The Labute approximate surface area is 142 Å². The van der Waals surface area contributed by atoms with E-state index in [0.717, 1.165) is 12.8 Å². The number of para-hydroxylation sites is 1. The summed E-state index contributed by atoms with van der Waals surface area (Å²) >= 11 is 1.40. The molecule has 0 aliphatic rings. The van der Waals surface area contributed by atoms with Crippen LogP contribution in [0.25, 0.3) is 10.9 Å². The van der Waals surface area contributed by atoms with Gasteiger partial charge in [0, 0.05) is 6.54 Å². The van der Waals surface area contributed by atoms with Gasteiger partial charge in [0.15, 0.2) is 5.16 Å². The van der Waals surface area contributed by atoms with E-state index in [1.165, 1.54) is 11.8 Å². The van der Waals surface area contributed by atoms with Crippen LogP contribution in [0.1, 0.15) is 37.8 Å². The normalized spacial score (nSPS) is 12.6. The van der Waals surface area contributed by atoms with Gasteiger partial charge < -0.3 is 4.98 Å². The number of unbranched alkanes of at least 4 members (excludes halogenated alkanes) is 1. The number of H-pyrrole nitrogens is 2. The van der Waals surface area contributed by atoms with Crippen LogP contribution in [0.5, 0.6) is 0 Å². The minimum atomic E-state index is -0.210. The molecule has 1 aromatic carbocycles. The fourth-order valence-corrected chi connectivity index (χ4v) is 3.36. The standard InChI is InChI=1S/C16H19N5O2S/c1-3-4-9-21-15(23)19-20-16(21)24-10(2)13-17-12-8-6-5-7-11(12)14(22)18-13/h5-8,10H,3-4,9H2,1-2H3,(H,19,23)(H,17,18,22)/t10-/m0/s1. The van der Waals surface area contributed by atoms with E-state index in [9.17, 15) is 9.59 Å². The average molecular weight is 345 g/mol. The number of hydrogen-bond acceptors (Lipinski definition) is 5. The van der Waals surface area contributed by atoms with Crippen LogP contribution in [0.3, 0.4) is 0 Å². The molecule has 24 heavy (non-hydrogen) atoms. The predicted molar refractivity (Wildman–Crippen MR) is 94.4 cm³/mol. The van der Waals surface area contributed by atoms with Crippen LogP contribution in [0, 0.1) is 0 Å². The van der Waals surface area contributed by atoms with Crippen molar-refractivity contribution in [1.29, 1.82) is 0 Å². The van der Waals surface area contributed by atoms with Crippen molar-refractivity contribution in [2.45, 2.75) is 43.6 Å². The number of fused-ring (bicyclic) bond motifs is 1. The zero-order valence-electron chi connectivity index (χ0n) is 13.6. The van der Waals surface area contributed by atoms with Crippen LogP contribution in [-0.4, -0.2) is 24.7 Å². The first-order valence-corrected chi connectivity index (χ1v) is 8.79. The Kier molecular flexibility index (Phi) is 4.84. The molecule has 0 aliphatic carbocycles. The Morgan fingerprint density at radius 1 is 1.29 bits per heavy atom. The third-order valence-electron chi connectivity index (χ3n) is 3.76. The van der Waals surface area contributed by atoms with E-state index in [0.29, 0.717) is 28.4 Å². The third-order valence-corrected chi connectivity index (χ3v) is 4.86. The second-order valence-electron chi connectivity index (χ2n) is 5.54. The molecule has 0 spiro atoms. The third kappa shape index (κ3) is 3.28. The highest BCUT2D eigenvalue weighted by Crippen LogP contribution is 2.31. The lowest BCUT2D eigenvalue weighted by atomic mass is 10.2. The molecule has 0 amide bonds. The molecule has 2 aromatic heterocycles. The predicted octanol–water partition coefficient (Wildman–Crippen LogP) is 2.46. The Morgan fingerprint density at radius 2 is 2.08 bits per heavy atom. The lowest BCUT2D eigenvalue weighted by Crippen LogP contribution is -2.18. The number of rotatable bonds is 6. The summed E-state index contributed by atoms with van der Waals surface area (Å²) in [5.74, 6) is 0.571. The first-order chi connectivity index (χ1) is 11.6. The molecule has 0 bridgehead atoms. The van der Waals surface area contributed by atoms with Crippen molar-refractivity contribution in [1.82, 2.24) is 24.7 Å². The molecule has 0 saturated heterocycles. The van der Waals surface area contributed by atoms with Gasteiger partial charge in [0.25, 0.3) is 5.56 Å². The summed E-state index contributed by atoms with van der Waals surface area (Å²) in [6.45, 7) is 4.63. The Morgan fingerprint density at radius 3 is 2.88 bits per heavy atom. The quantitative estimate of drug-likeness (QED) is 0.669. The molecule has 126 valence electrons. The van der Waals surface area contributed by atoms with Gasteiger partial charge in [-0.2, -0.15) is 0 Å². The van der Waals surface area contributed by atoms with Crippen LogP contribution in [0.15, 0.2) is 39.0 Å². The molecule has 2 N–H and O–H groups in total. The topological polar surface area (TPSA) is 96.4 Å². The van der Waals surface area contributed by atoms with Gasteiger partial charge in [0.05, 0.1) is 16.2 Å². The van der Waals surface area contributed by atoms with Crippen LogP contribution >= 0.6 is 11.8 Å². The number of aromatic nitrogens is 5. The fraction of sp³-hybridized carbons (Fsp3) is 0.375. The molecular weight excluding hydrogens is 326 g/mol. The molecule has 7 nitrogen and oxygen atoms in total. The van der Waals surface area contributed by atoms with Crippen LogP contribution in [-0.2, 0) is 6.54 Å². The summed E-state index contributed by atoms with van der Waals surface area (Å²) in [4.78, 5) is 31.4. The maximum Gasteiger partial charge on any atom is 0.343 e. The van der Waals surface area contributed by atoms with Gasteiger partial charge in [-0.1, -0.05) is 37.2 Å². The second-order valence-corrected chi connectivity index (χ2v) is 6.85. The molecular formula is C16H19N5O2S. The summed E-state index contributed by atoms with van der Waals surface area (Å²) in [7, 11) is 0. The maximum absolute atomic E-state index is 12.2. The molecule has 3 rings (SSSR count). The fourth-order valence-electron chi connectivity index (χ4n) is 2.42. The zero-order valence-corrected chi connectivity index (χ0v) is 14.4. The van der Waals surface area contributed by atoms with Crippen molar-refractivity contribution in [3.05, 3.63) is 50.9 Å². The zero-order chi connectivity index (χ0) is 17.1. The number of hydrogen-bond donors (Lipinski definition) is 2. The van der Waals surface area contributed by atoms with Crippen molar-refractivity contribution >= 4 is 22.7 Å². The van der Waals surface area contributed by atoms with Gasteiger partial charge in [0.1, 0.15) is 5.82 Å². The molecule has 8 heteroatoms. The van der Waals surface area contributed by atoms with E-state index in [1.807, 2.05) is 25.1 Å². The van der Waals surface area contributed by atoms with Gasteiger partial charge in [-0.05, 0) is 25.5 Å². The molecule has 0 unspecified atom stereocenters. The van der Waals surface area contributed by atoms with Gasteiger partial charge in [-0.3, -0.25) is 9.36 Å². The smallest absolute Gasteiger partial charge is 0.309 e. The number of nitrogens with zero attached hydrogens (tertiary/aromatic N) is 3. The number of thioether (sulfide) groups is 1. The first kappa shape index (κ1) is 16.5. The molecule has 0 fully saturated rings. The van der Waals surface area contributed by atoms with Gasteiger partial charge in [-0.25, -0.2) is 14.9 Å². The van der Waals surface area contributed by atoms with Gasteiger partial charge in [0.2, 0.25) is 0 Å². The van der Waals surface area contributed by atoms with Crippen LogP contribution in [0.4, 0.5) is 0 Å². The van der Waals surface area contributed by atoms with E-state index < -0.39 is 0 Å². The van der Waals surface area contributed by atoms with E-state index in [1.54, 1.807) is 10.6 Å². The minimum absolute atomic E-state index is 0.141. The highest BCUT2D eigenvalue weighted by Gasteiger charge is 2.17. The van der Waals surface area contributed by atoms with Crippen molar-refractivity contribution in [2.75, 3.05) is 0 Å². The molecule has 0 aliphatic heterocycles. The van der Waals surface area contributed by atoms with Crippen molar-refractivity contribution in [2.24, 2.45) is 0 Å². The van der Waals surface area contributed by atoms with Crippen LogP contribution in [0.2, 0.25) is 0 Å². The minimum Gasteiger partial charge on any atom is -0.309 e. The maximum atomic E-state index is 12.2. The second kappa shape index (κ2) is 7.04. The molecule has 2 heterocycles. The van der Waals surface area contributed by atoms with E-state index >= 15 is 0 Å². The molecule has 0 radical (unpaired) electrons.